The van der Waals surface area contributed by atoms with Crippen LogP contribution in [-0.4, -0.2) is 62.1 Å². The van der Waals surface area contributed by atoms with Crippen LogP contribution < -0.4 is 10.2 Å². The maximum atomic E-state index is 13.0. The van der Waals surface area contributed by atoms with Gasteiger partial charge in [0.1, 0.15) is 12.1 Å². The molecule has 1 saturated heterocycles. The van der Waals surface area contributed by atoms with Crippen molar-refractivity contribution < 1.29 is 9.18 Å². The number of fused-ring (bicyclic) bond motifs is 1. The Hall–Kier alpha value is -3.30. The molecule has 0 atom stereocenters. The number of rotatable bonds is 3. The third-order valence-corrected chi connectivity index (χ3v) is 4.54. The van der Waals surface area contributed by atoms with Crippen LogP contribution in [-0.2, 0) is 6.54 Å². The summed E-state index contributed by atoms with van der Waals surface area (Å²) < 4.78 is 14.7. The first-order valence-corrected chi connectivity index (χ1v) is 8.76. The first-order valence-electron chi connectivity index (χ1n) is 8.76. The third kappa shape index (κ3) is 3.37. The van der Waals surface area contributed by atoms with Crippen LogP contribution in [0.25, 0.3) is 11.2 Å². The topological polar surface area (TPSA) is 92.1 Å². The van der Waals surface area contributed by atoms with Crippen LogP contribution in [0.4, 0.5) is 20.7 Å². The molecule has 3 aromatic rings. The lowest BCUT2D eigenvalue weighted by molar-refractivity contribution is 0.208. The Bertz CT molecular complexity index is 949. The van der Waals surface area contributed by atoms with E-state index in [1.54, 1.807) is 9.58 Å². The molecule has 9 nitrogen and oxygen atoms in total. The largest absolute Gasteiger partial charge is 0.351 e. The number of nitrogens with zero attached hydrogens (tertiary/aromatic N) is 7. The minimum absolute atomic E-state index is 0.203. The molecule has 0 bridgehead atoms. The lowest BCUT2D eigenvalue weighted by atomic mass is 10.3. The molecule has 1 fully saturated rings. The number of amides is 2. The van der Waals surface area contributed by atoms with E-state index < -0.39 is 0 Å². The molecule has 1 N–H and O–H groups in total. The summed E-state index contributed by atoms with van der Waals surface area (Å²) in [6.45, 7) is 5.00. The van der Waals surface area contributed by atoms with Crippen molar-refractivity contribution in [2.75, 3.05) is 36.4 Å². The smallest absolute Gasteiger partial charge is 0.321 e. The van der Waals surface area contributed by atoms with Gasteiger partial charge in [-0.1, -0.05) is 5.21 Å². The monoisotopic (exact) mass is 370 g/mol. The van der Waals surface area contributed by atoms with Gasteiger partial charge in [0.15, 0.2) is 17.0 Å². The summed E-state index contributed by atoms with van der Waals surface area (Å²) in [4.78, 5) is 24.8. The standard InChI is InChI=1S/C17H19FN8O/c1-2-26-16-14(22-23-26)15(19-11-20-16)24-7-9-25(10-8-24)17(27)21-13-5-3-12(18)4-6-13/h3-6,11H,2,7-10H2,1H3,(H,21,27). The number of aryl methyl sites for hydroxylation is 1. The predicted octanol–water partition coefficient (Wildman–Crippen LogP) is 1.73. The number of carbonyl (C=O) groups excluding carboxylic acids is 1. The number of piperazine rings is 1. The maximum Gasteiger partial charge on any atom is 0.321 e. The van der Waals surface area contributed by atoms with Gasteiger partial charge in [-0.2, -0.15) is 0 Å². The number of nitrogens with one attached hydrogen (secondary N) is 1. The minimum Gasteiger partial charge on any atom is -0.351 e. The fourth-order valence-electron chi connectivity index (χ4n) is 3.08. The molecule has 0 saturated carbocycles. The summed E-state index contributed by atoms with van der Waals surface area (Å²) in [6.07, 6.45) is 1.51. The molecule has 0 spiro atoms. The zero-order valence-corrected chi connectivity index (χ0v) is 14.8. The van der Waals surface area contributed by atoms with Gasteiger partial charge >= 0.3 is 6.03 Å². The summed E-state index contributed by atoms with van der Waals surface area (Å²) in [5, 5.41) is 11.1. The number of halogens is 1. The van der Waals surface area contributed by atoms with Gasteiger partial charge in [0, 0.05) is 38.4 Å². The highest BCUT2D eigenvalue weighted by Crippen LogP contribution is 2.22. The molecule has 1 aliphatic heterocycles. The van der Waals surface area contributed by atoms with E-state index in [4.69, 9.17) is 0 Å². The minimum atomic E-state index is -0.335. The number of carbonyl (C=O) groups is 1. The van der Waals surface area contributed by atoms with Crippen LogP contribution in [0.15, 0.2) is 30.6 Å². The molecule has 0 unspecified atom stereocenters. The van der Waals surface area contributed by atoms with E-state index in [1.807, 2.05) is 6.92 Å². The van der Waals surface area contributed by atoms with Gasteiger partial charge in [0.05, 0.1) is 0 Å². The fraction of sp³-hybridized carbons (Fsp3) is 0.353. The molecular weight excluding hydrogens is 351 g/mol. The number of hydrogen-bond acceptors (Lipinski definition) is 6. The van der Waals surface area contributed by atoms with Crippen LogP contribution in [0.5, 0.6) is 0 Å². The van der Waals surface area contributed by atoms with Crippen molar-refractivity contribution >= 4 is 28.7 Å². The highest BCUT2D eigenvalue weighted by atomic mass is 19.1. The number of benzene rings is 1. The van der Waals surface area contributed by atoms with Crippen molar-refractivity contribution in [1.82, 2.24) is 29.9 Å². The summed E-state index contributed by atoms with van der Waals surface area (Å²) in [6, 6.07) is 5.51. The van der Waals surface area contributed by atoms with Crippen molar-refractivity contribution in [2.45, 2.75) is 13.5 Å². The normalized spacial score (nSPS) is 14.6. The van der Waals surface area contributed by atoms with E-state index in [0.29, 0.717) is 49.6 Å². The second kappa shape index (κ2) is 7.14. The zero-order valence-electron chi connectivity index (χ0n) is 14.8. The Labute approximate surface area is 154 Å². The van der Waals surface area contributed by atoms with Gasteiger partial charge in [-0.3, -0.25) is 0 Å². The van der Waals surface area contributed by atoms with E-state index in [9.17, 15) is 9.18 Å². The molecule has 3 heterocycles. The molecule has 4 rings (SSSR count). The molecule has 27 heavy (non-hydrogen) atoms. The van der Waals surface area contributed by atoms with Crippen LogP contribution in [0.3, 0.4) is 0 Å². The first kappa shape index (κ1) is 17.1. The van der Waals surface area contributed by atoms with E-state index in [0.717, 1.165) is 5.82 Å². The van der Waals surface area contributed by atoms with Crippen LogP contribution in [0, 0.1) is 5.82 Å². The number of hydrogen-bond donors (Lipinski definition) is 1. The number of aromatic nitrogens is 5. The Morgan fingerprint density at radius 1 is 1.15 bits per heavy atom. The Morgan fingerprint density at radius 2 is 1.89 bits per heavy atom. The Kier molecular flexibility index (Phi) is 4.53. The average Bonchev–Trinajstić information content (AvgIpc) is 3.13. The molecule has 2 aromatic heterocycles. The first-order chi connectivity index (χ1) is 13.2. The highest BCUT2D eigenvalue weighted by Gasteiger charge is 2.24. The highest BCUT2D eigenvalue weighted by molar-refractivity contribution is 5.89. The van der Waals surface area contributed by atoms with Gasteiger partial charge < -0.3 is 15.1 Å². The van der Waals surface area contributed by atoms with E-state index in [-0.39, 0.29) is 11.8 Å². The lowest BCUT2D eigenvalue weighted by Gasteiger charge is -2.35. The quantitative estimate of drug-likeness (QED) is 0.755. The number of anilines is 2. The van der Waals surface area contributed by atoms with Crippen molar-refractivity contribution in [3.05, 3.63) is 36.4 Å². The van der Waals surface area contributed by atoms with Gasteiger partial charge in [-0.15, -0.1) is 5.10 Å². The van der Waals surface area contributed by atoms with E-state index in [2.05, 4.69) is 30.5 Å². The molecular formula is C17H19FN8O. The van der Waals surface area contributed by atoms with Crippen molar-refractivity contribution in [3.8, 4) is 0 Å². The van der Waals surface area contributed by atoms with Crippen LogP contribution in [0.2, 0.25) is 0 Å². The van der Waals surface area contributed by atoms with Crippen LogP contribution in [0.1, 0.15) is 6.92 Å². The maximum absolute atomic E-state index is 13.0. The summed E-state index contributed by atoms with van der Waals surface area (Å²) in [5.41, 5.74) is 1.94. The Balaban J connectivity index is 1.42. The van der Waals surface area contributed by atoms with Crippen LogP contribution >= 0.6 is 0 Å². The zero-order chi connectivity index (χ0) is 18.8. The molecule has 10 heteroatoms. The average molecular weight is 370 g/mol. The molecule has 0 radical (unpaired) electrons. The van der Waals surface area contributed by atoms with Gasteiger partial charge in [-0.05, 0) is 31.2 Å². The summed E-state index contributed by atoms with van der Waals surface area (Å²) >= 11 is 0. The summed E-state index contributed by atoms with van der Waals surface area (Å²) in [5.74, 6) is 0.399. The third-order valence-electron chi connectivity index (χ3n) is 4.54. The fourth-order valence-corrected chi connectivity index (χ4v) is 3.08. The second-order valence-corrected chi connectivity index (χ2v) is 6.19. The SMILES string of the molecule is CCn1nnc2c(N3CCN(C(=O)Nc4ccc(F)cc4)CC3)ncnc21. The van der Waals surface area contributed by atoms with E-state index >= 15 is 0 Å². The molecule has 2 amide bonds. The van der Waals surface area contributed by atoms with Crippen molar-refractivity contribution in [2.24, 2.45) is 0 Å². The predicted molar refractivity (Wildman–Crippen MR) is 98.0 cm³/mol. The molecule has 140 valence electrons. The van der Waals surface area contributed by atoms with Gasteiger partial charge in [-0.25, -0.2) is 23.8 Å². The number of urea groups is 1. The molecule has 1 aromatic carbocycles. The molecule has 0 aliphatic carbocycles. The molecule has 1 aliphatic rings. The van der Waals surface area contributed by atoms with Gasteiger partial charge in [0.25, 0.3) is 0 Å². The Morgan fingerprint density at radius 3 is 2.59 bits per heavy atom. The van der Waals surface area contributed by atoms with E-state index in [1.165, 1.54) is 30.6 Å². The summed E-state index contributed by atoms with van der Waals surface area (Å²) in [7, 11) is 0. The van der Waals surface area contributed by atoms with Crippen molar-refractivity contribution in [3.63, 3.8) is 0 Å². The van der Waals surface area contributed by atoms with Crippen molar-refractivity contribution in [1.29, 1.82) is 0 Å². The second-order valence-electron chi connectivity index (χ2n) is 6.19. The lowest BCUT2D eigenvalue weighted by Crippen LogP contribution is -2.50. The van der Waals surface area contributed by atoms with Gasteiger partial charge in [0.2, 0.25) is 0 Å².